The molecule has 0 saturated heterocycles. The summed E-state index contributed by atoms with van der Waals surface area (Å²) in [5, 5.41) is 17.3. The Balaban J connectivity index is 3.30. The van der Waals surface area contributed by atoms with Gasteiger partial charge in [-0.25, -0.2) is 0 Å². The van der Waals surface area contributed by atoms with Crippen molar-refractivity contribution in [3.63, 3.8) is 0 Å². The molecular weight excluding hydrogens is 178 g/mol. The van der Waals surface area contributed by atoms with Gasteiger partial charge in [-0.15, -0.1) is 0 Å². The zero-order valence-electron chi connectivity index (χ0n) is 7.74. The average Bonchev–Trinajstić information content (AvgIpc) is 2.21. The lowest BCUT2D eigenvalue weighted by molar-refractivity contribution is 0.416. The van der Waals surface area contributed by atoms with Crippen LogP contribution >= 0.6 is 0 Å². The normalized spacial score (nSPS) is 8.79. The van der Waals surface area contributed by atoms with Crippen LogP contribution in [0.1, 0.15) is 11.1 Å². The number of hydrogen-bond acceptors (Lipinski definition) is 4. The molecule has 0 aliphatic rings. The van der Waals surface area contributed by atoms with Crippen molar-refractivity contribution in [1.82, 2.24) is 0 Å². The topological polar surface area (TPSA) is 82.8 Å². The average molecular weight is 187 g/mol. The third-order valence-electron chi connectivity index (χ3n) is 1.85. The second-order valence-corrected chi connectivity index (χ2v) is 2.70. The molecule has 4 heteroatoms. The van der Waals surface area contributed by atoms with E-state index < -0.39 is 0 Å². The fourth-order valence-electron chi connectivity index (χ4n) is 1.15. The van der Waals surface area contributed by atoms with Crippen molar-refractivity contribution >= 4 is 5.69 Å². The van der Waals surface area contributed by atoms with E-state index in [1.165, 1.54) is 7.11 Å². The molecule has 0 bridgehead atoms. The van der Waals surface area contributed by atoms with Crippen LogP contribution in [-0.4, -0.2) is 7.11 Å². The van der Waals surface area contributed by atoms with Gasteiger partial charge in [-0.05, 0) is 11.6 Å². The molecule has 4 nitrogen and oxygen atoms in total. The Morgan fingerprint density at radius 3 is 2.64 bits per heavy atom. The van der Waals surface area contributed by atoms with Crippen LogP contribution in [0.5, 0.6) is 5.75 Å². The first kappa shape index (κ1) is 9.88. The maximum absolute atomic E-state index is 8.71. The number of ether oxygens (including phenoxy) is 1. The van der Waals surface area contributed by atoms with E-state index >= 15 is 0 Å². The molecule has 0 spiro atoms. The Labute approximate surface area is 82.1 Å². The monoisotopic (exact) mass is 187 g/mol. The Kier molecular flexibility index (Phi) is 2.93. The highest BCUT2D eigenvalue weighted by Gasteiger charge is 2.07. The zero-order valence-corrected chi connectivity index (χ0v) is 7.74. The molecule has 1 aromatic rings. The molecular formula is C10H9N3O. The molecule has 0 aliphatic heterocycles. The predicted octanol–water partition coefficient (Wildman–Crippen LogP) is 1.22. The van der Waals surface area contributed by atoms with Gasteiger partial charge in [0.05, 0.1) is 36.9 Å². The van der Waals surface area contributed by atoms with Gasteiger partial charge in [0, 0.05) is 6.07 Å². The second kappa shape index (κ2) is 4.15. The Morgan fingerprint density at radius 2 is 2.14 bits per heavy atom. The molecule has 70 valence electrons. The SMILES string of the molecule is COc1cc(C#N)cc(CC#N)c1N. The Bertz CT molecular complexity index is 426. The highest BCUT2D eigenvalue weighted by Crippen LogP contribution is 2.27. The number of nitriles is 2. The number of rotatable bonds is 2. The lowest BCUT2D eigenvalue weighted by atomic mass is 10.1. The summed E-state index contributed by atoms with van der Waals surface area (Å²) in [5.74, 6) is 0.439. The van der Waals surface area contributed by atoms with Crippen LogP contribution in [0.2, 0.25) is 0 Å². The largest absolute Gasteiger partial charge is 0.495 e. The van der Waals surface area contributed by atoms with Crippen LogP contribution in [0, 0.1) is 22.7 Å². The van der Waals surface area contributed by atoms with E-state index in [9.17, 15) is 0 Å². The van der Waals surface area contributed by atoms with Gasteiger partial charge in [-0.1, -0.05) is 0 Å². The number of nitrogens with two attached hydrogens (primary N) is 1. The van der Waals surface area contributed by atoms with Crippen LogP contribution in [0.15, 0.2) is 12.1 Å². The van der Waals surface area contributed by atoms with Crippen molar-refractivity contribution in [1.29, 1.82) is 10.5 Å². The summed E-state index contributed by atoms with van der Waals surface area (Å²) in [4.78, 5) is 0. The van der Waals surface area contributed by atoms with Crippen molar-refractivity contribution in [3.05, 3.63) is 23.3 Å². The van der Waals surface area contributed by atoms with Gasteiger partial charge in [-0.2, -0.15) is 10.5 Å². The van der Waals surface area contributed by atoms with Crippen LogP contribution in [0.25, 0.3) is 0 Å². The molecule has 1 rings (SSSR count). The number of anilines is 1. The van der Waals surface area contributed by atoms with Gasteiger partial charge in [0.2, 0.25) is 0 Å². The molecule has 14 heavy (non-hydrogen) atoms. The number of nitrogen functional groups attached to an aromatic ring is 1. The molecule has 0 aliphatic carbocycles. The van der Waals surface area contributed by atoms with E-state index in [0.29, 0.717) is 22.6 Å². The zero-order chi connectivity index (χ0) is 10.6. The van der Waals surface area contributed by atoms with E-state index in [-0.39, 0.29) is 6.42 Å². The van der Waals surface area contributed by atoms with Gasteiger partial charge < -0.3 is 10.5 Å². The predicted molar refractivity (Wildman–Crippen MR) is 51.4 cm³/mol. The van der Waals surface area contributed by atoms with E-state index in [1.54, 1.807) is 12.1 Å². The maximum atomic E-state index is 8.71. The fourth-order valence-corrected chi connectivity index (χ4v) is 1.15. The van der Waals surface area contributed by atoms with Crippen molar-refractivity contribution in [2.45, 2.75) is 6.42 Å². The van der Waals surface area contributed by atoms with E-state index in [4.69, 9.17) is 21.0 Å². The molecule has 1 aromatic carbocycles. The summed E-state index contributed by atoms with van der Waals surface area (Å²) in [6, 6.07) is 7.12. The quantitative estimate of drug-likeness (QED) is 0.705. The third kappa shape index (κ3) is 1.75. The molecule has 0 atom stereocenters. The molecule has 0 unspecified atom stereocenters. The number of benzene rings is 1. The highest BCUT2D eigenvalue weighted by atomic mass is 16.5. The molecule has 0 saturated carbocycles. The molecule has 0 heterocycles. The standard InChI is InChI=1S/C10H9N3O/c1-14-9-5-7(6-12)4-8(2-3-11)10(9)13/h4-5H,2,13H2,1H3. The molecule has 2 N–H and O–H groups in total. The summed E-state index contributed by atoms with van der Waals surface area (Å²) in [6.45, 7) is 0. The van der Waals surface area contributed by atoms with Crippen LogP contribution in [0.4, 0.5) is 5.69 Å². The van der Waals surface area contributed by atoms with Gasteiger partial charge in [0.15, 0.2) is 0 Å². The highest BCUT2D eigenvalue weighted by molar-refractivity contribution is 5.62. The number of hydrogen-bond donors (Lipinski definition) is 1. The van der Waals surface area contributed by atoms with Gasteiger partial charge >= 0.3 is 0 Å². The third-order valence-corrected chi connectivity index (χ3v) is 1.85. The molecule has 0 aromatic heterocycles. The van der Waals surface area contributed by atoms with Crippen molar-refractivity contribution in [2.75, 3.05) is 12.8 Å². The van der Waals surface area contributed by atoms with Gasteiger partial charge in [0.25, 0.3) is 0 Å². The lowest BCUT2D eigenvalue weighted by Gasteiger charge is -2.08. The Morgan fingerprint density at radius 1 is 1.43 bits per heavy atom. The minimum Gasteiger partial charge on any atom is -0.495 e. The molecule has 0 amide bonds. The Hall–Kier alpha value is -2.20. The van der Waals surface area contributed by atoms with E-state index in [2.05, 4.69) is 0 Å². The second-order valence-electron chi connectivity index (χ2n) is 2.70. The fraction of sp³-hybridized carbons (Fsp3) is 0.200. The van der Waals surface area contributed by atoms with Crippen LogP contribution < -0.4 is 10.5 Å². The van der Waals surface area contributed by atoms with Crippen LogP contribution in [0.3, 0.4) is 0 Å². The number of methoxy groups -OCH3 is 1. The van der Waals surface area contributed by atoms with Crippen molar-refractivity contribution in [3.8, 4) is 17.9 Å². The first-order valence-electron chi connectivity index (χ1n) is 3.96. The van der Waals surface area contributed by atoms with E-state index in [1.807, 2.05) is 12.1 Å². The van der Waals surface area contributed by atoms with Crippen molar-refractivity contribution in [2.24, 2.45) is 0 Å². The maximum Gasteiger partial charge on any atom is 0.143 e. The molecule has 0 fully saturated rings. The summed E-state index contributed by atoms with van der Waals surface area (Å²) >= 11 is 0. The molecule has 0 radical (unpaired) electrons. The summed E-state index contributed by atoms with van der Waals surface area (Å²) in [5.41, 5.74) is 7.22. The van der Waals surface area contributed by atoms with Crippen molar-refractivity contribution < 1.29 is 4.74 Å². The van der Waals surface area contributed by atoms with Gasteiger partial charge in [0.1, 0.15) is 5.75 Å². The first-order valence-corrected chi connectivity index (χ1v) is 3.96. The first-order chi connectivity index (χ1) is 6.72. The summed E-state index contributed by atoms with van der Waals surface area (Å²) in [6.07, 6.45) is 0.178. The van der Waals surface area contributed by atoms with Crippen LogP contribution in [-0.2, 0) is 6.42 Å². The van der Waals surface area contributed by atoms with Gasteiger partial charge in [-0.3, -0.25) is 0 Å². The minimum atomic E-state index is 0.178. The lowest BCUT2D eigenvalue weighted by Crippen LogP contribution is -1.98. The van der Waals surface area contributed by atoms with E-state index in [0.717, 1.165) is 0 Å². The minimum absolute atomic E-state index is 0.178. The summed E-state index contributed by atoms with van der Waals surface area (Å²) < 4.78 is 4.99. The summed E-state index contributed by atoms with van der Waals surface area (Å²) in [7, 11) is 1.48. The smallest absolute Gasteiger partial charge is 0.143 e. The number of nitrogens with zero attached hydrogens (tertiary/aromatic N) is 2.